The van der Waals surface area contributed by atoms with Crippen LogP contribution in [0.2, 0.25) is 10.0 Å². The lowest BCUT2D eigenvalue weighted by molar-refractivity contribution is -0.125. The second kappa shape index (κ2) is 7.31. The molecule has 2 nitrogen and oxygen atoms in total. The van der Waals surface area contributed by atoms with E-state index in [1.165, 1.54) is 37.7 Å². The first-order valence-corrected chi connectivity index (χ1v) is 9.69. The maximum atomic E-state index is 6.59. The lowest BCUT2D eigenvalue weighted by Crippen LogP contribution is -2.56. The molecule has 0 aromatic heterocycles. The van der Waals surface area contributed by atoms with Gasteiger partial charge in [-0.05, 0) is 62.8 Å². The fourth-order valence-corrected chi connectivity index (χ4v) is 4.85. The van der Waals surface area contributed by atoms with E-state index in [-0.39, 0.29) is 11.0 Å². The molecule has 2 N–H and O–H groups in total. The lowest BCUT2D eigenvalue weighted by Gasteiger charge is -2.55. The summed E-state index contributed by atoms with van der Waals surface area (Å²) >= 11 is 12.4. The Morgan fingerprint density at radius 3 is 2.26 bits per heavy atom. The van der Waals surface area contributed by atoms with Crippen molar-refractivity contribution in [2.75, 3.05) is 13.2 Å². The smallest absolute Gasteiger partial charge is 0.0778 e. The van der Waals surface area contributed by atoms with Gasteiger partial charge in [-0.2, -0.15) is 0 Å². The Labute approximate surface area is 149 Å². The normalized spacial score (nSPS) is 22.0. The summed E-state index contributed by atoms with van der Waals surface area (Å²) in [6, 6.07) is 6.18. The molecular weight excluding hydrogens is 329 g/mol. The highest BCUT2D eigenvalue weighted by atomic mass is 35.5. The van der Waals surface area contributed by atoms with Crippen molar-refractivity contribution in [3.05, 3.63) is 33.8 Å². The van der Waals surface area contributed by atoms with Gasteiger partial charge in [0.2, 0.25) is 0 Å². The van der Waals surface area contributed by atoms with Crippen molar-refractivity contribution in [2.45, 2.75) is 68.8 Å². The fraction of sp³-hybridized carbons (Fsp3) is 0.684. The quantitative estimate of drug-likeness (QED) is 0.656. The minimum atomic E-state index is -0.0169. The van der Waals surface area contributed by atoms with Crippen molar-refractivity contribution in [3.63, 3.8) is 0 Å². The number of benzene rings is 1. The molecular formula is C19H27Cl2NO. The molecule has 0 bridgehead atoms. The Bertz CT molecular complexity index is 536. The number of unbranched alkanes of at least 4 members (excludes halogenated alkanes) is 1. The number of hydrogen-bond acceptors (Lipinski definition) is 2. The largest absolute Gasteiger partial charge is 0.374 e. The first kappa shape index (κ1) is 17.5. The third kappa shape index (κ3) is 3.16. The van der Waals surface area contributed by atoms with E-state index in [4.69, 9.17) is 33.7 Å². The number of rotatable bonds is 7. The maximum absolute atomic E-state index is 6.59. The van der Waals surface area contributed by atoms with Crippen LogP contribution in [0.4, 0.5) is 0 Å². The van der Waals surface area contributed by atoms with E-state index in [1.54, 1.807) is 0 Å². The van der Waals surface area contributed by atoms with E-state index in [9.17, 15) is 0 Å². The molecule has 0 radical (unpaired) electrons. The zero-order valence-corrected chi connectivity index (χ0v) is 15.3. The predicted octanol–water partition coefficient (Wildman–Crippen LogP) is 5.48. The summed E-state index contributed by atoms with van der Waals surface area (Å²) in [5.74, 6) is 0. The van der Waals surface area contributed by atoms with Crippen molar-refractivity contribution < 1.29 is 4.74 Å². The van der Waals surface area contributed by atoms with E-state index < -0.39 is 0 Å². The molecule has 4 heteroatoms. The van der Waals surface area contributed by atoms with E-state index in [0.29, 0.717) is 10.0 Å². The maximum Gasteiger partial charge on any atom is 0.0778 e. The highest BCUT2D eigenvalue weighted by molar-refractivity contribution is 6.42. The van der Waals surface area contributed by atoms with Gasteiger partial charge < -0.3 is 10.5 Å². The fourth-order valence-electron chi connectivity index (χ4n) is 4.55. The van der Waals surface area contributed by atoms with Crippen LogP contribution in [0.15, 0.2) is 18.2 Å². The van der Waals surface area contributed by atoms with Crippen molar-refractivity contribution in [3.8, 4) is 0 Å². The Kier molecular flexibility index (Phi) is 5.57. The van der Waals surface area contributed by atoms with Crippen LogP contribution < -0.4 is 5.73 Å². The molecule has 2 saturated carbocycles. The summed E-state index contributed by atoms with van der Waals surface area (Å²) < 4.78 is 6.59. The van der Waals surface area contributed by atoms with Gasteiger partial charge in [-0.25, -0.2) is 0 Å². The molecule has 23 heavy (non-hydrogen) atoms. The molecule has 1 aromatic carbocycles. The van der Waals surface area contributed by atoms with Crippen LogP contribution in [0.3, 0.4) is 0 Å². The van der Waals surface area contributed by atoms with Gasteiger partial charge in [0.1, 0.15) is 0 Å². The second-order valence-corrected chi connectivity index (χ2v) is 7.92. The van der Waals surface area contributed by atoms with Crippen LogP contribution in [0, 0.1) is 0 Å². The number of ether oxygens (including phenoxy) is 1. The lowest BCUT2D eigenvalue weighted by atomic mass is 9.54. The van der Waals surface area contributed by atoms with Gasteiger partial charge in [-0.15, -0.1) is 0 Å². The van der Waals surface area contributed by atoms with E-state index >= 15 is 0 Å². The molecule has 3 rings (SSSR count). The van der Waals surface area contributed by atoms with E-state index in [0.717, 1.165) is 38.8 Å². The standard InChI is InChI=1S/C19H27Cl2NO/c20-16-7-6-15(14-17(16)21)18(8-5-9-18)19(10-1-2-11-19)23-13-4-3-12-22/h6-7,14H,1-5,8-13,22H2. The van der Waals surface area contributed by atoms with Gasteiger partial charge in [0, 0.05) is 12.0 Å². The Balaban J connectivity index is 1.87. The van der Waals surface area contributed by atoms with Crippen LogP contribution in [0.1, 0.15) is 63.4 Å². The third-order valence-corrected chi connectivity index (χ3v) is 6.68. The molecule has 2 aliphatic carbocycles. The van der Waals surface area contributed by atoms with Crippen molar-refractivity contribution in [1.82, 2.24) is 0 Å². The zero-order valence-electron chi connectivity index (χ0n) is 13.8. The van der Waals surface area contributed by atoms with E-state index in [2.05, 4.69) is 12.1 Å². The van der Waals surface area contributed by atoms with Crippen molar-refractivity contribution in [2.24, 2.45) is 5.73 Å². The Hall–Kier alpha value is -0.280. The molecule has 128 valence electrons. The summed E-state index contributed by atoms with van der Waals surface area (Å²) in [5, 5.41) is 1.29. The van der Waals surface area contributed by atoms with Crippen molar-refractivity contribution >= 4 is 23.2 Å². The van der Waals surface area contributed by atoms with Gasteiger partial charge >= 0.3 is 0 Å². The SMILES string of the molecule is NCCCCOC1(C2(c3ccc(Cl)c(Cl)c3)CCC2)CCCC1. The third-order valence-electron chi connectivity index (χ3n) is 5.94. The molecule has 0 amide bonds. The summed E-state index contributed by atoms with van der Waals surface area (Å²) in [6.07, 6.45) is 10.6. The topological polar surface area (TPSA) is 35.2 Å². The first-order valence-electron chi connectivity index (χ1n) is 8.93. The molecule has 0 spiro atoms. The Morgan fingerprint density at radius 2 is 1.70 bits per heavy atom. The molecule has 0 unspecified atom stereocenters. The Morgan fingerprint density at radius 1 is 0.957 bits per heavy atom. The summed E-state index contributed by atoms with van der Waals surface area (Å²) in [7, 11) is 0. The van der Waals surface area contributed by atoms with E-state index in [1.807, 2.05) is 6.07 Å². The van der Waals surface area contributed by atoms with Gasteiger partial charge in [0.25, 0.3) is 0 Å². The van der Waals surface area contributed by atoms with Gasteiger partial charge in [0.15, 0.2) is 0 Å². The zero-order chi connectivity index (χ0) is 16.3. The number of hydrogen-bond donors (Lipinski definition) is 1. The predicted molar refractivity (Wildman–Crippen MR) is 97.4 cm³/mol. The van der Waals surface area contributed by atoms with Crippen LogP contribution in [0.5, 0.6) is 0 Å². The monoisotopic (exact) mass is 355 g/mol. The number of halogens is 2. The molecule has 0 saturated heterocycles. The molecule has 0 atom stereocenters. The molecule has 1 aromatic rings. The molecule has 2 aliphatic rings. The van der Waals surface area contributed by atoms with Crippen LogP contribution in [0.25, 0.3) is 0 Å². The van der Waals surface area contributed by atoms with Crippen LogP contribution >= 0.6 is 23.2 Å². The average molecular weight is 356 g/mol. The van der Waals surface area contributed by atoms with Gasteiger partial charge in [-0.3, -0.25) is 0 Å². The minimum Gasteiger partial charge on any atom is -0.374 e. The van der Waals surface area contributed by atoms with Gasteiger partial charge in [-0.1, -0.05) is 48.5 Å². The van der Waals surface area contributed by atoms with Gasteiger partial charge in [0.05, 0.1) is 15.6 Å². The molecule has 0 heterocycles. The average Bonchev–Trinajstić information content (AvgIpc) is 2.96. The highest BCUT2D eigenvalue weighted by Gasteiger charge is 2.57. The summed E-state index contributed by atoms with van der Waals surface area (Å²) in [4.78, 5) is 0. The first-order chi connectivity index (χ1) is 11.1. The highest BCUT2D eigenvalue weighted by Crippen LogP contribution is 2.59. The van der Waals surface area contributed by atoms with Crippen molar-refractivity contribution in [1.29, 1.82) is 0 Å². The summed E-state index contributed by atoms with van der Waals surface area (Å²) in [6.45, 7) is 1.56. The molecule has 0 aliphatic heterocycles. The number of nitrogens with two attached hydrogens (primary N) is 1. The second-order valence-electron chi connectivity index (χ2n) is 7.11. The van der Waals surface area contributed by atoms with Crippen LogP contribution in [-0.4, -0.2) is 18.8 Å². The molecule has 2 fully saturated rings. The summed E-state index contributed by atoms with van der Waals surface area (Å²) in [5.41, 5.74) is 7.04. The minimum absolute atomic E-state index is 0.0169. The van der Waals surface area contributed by atoms with Crippen LogP contribution in [-0.2, 0) is 10.2 Å².